The van der Waals surface area contributed by atoms with Crippen LogP contribution in [-0.4, -0.2) is 43.7 Å². The van der Waals surface area contributed by atoms with E-state index >= 15 is 0 Å². The molecule has 1 amide bonds. The second-order valence-corrected chi connectivity index (χ2v) is 7.48. The third-order valence-electron chi connectivity index (χ3n) is 3.70. The zero-order valence-electron chi connectivity index (χ0n) is 13.7. The van der Waals surface area contributed by atoms with Gasteiger partial charge in [0.15, 0.2) is 0 Å². The molecule has 0 saturated heterocycles. The van der Waals surface area contributed by atoms with Crippen LogP contribution in [0.25, 0.3) is 0 Å². The summed E-state index contributed by atoms with van der Waals surface area (Å²) in [6, 6.07) is 5.14. The molecule has 1 aromatic carbocycles. The zero-order chi connectivity index (χ0) is 19.7. The van der Waals surface area contributed by atoms with Crippen molar-refractivity contribution in [3.05, 3.63) is 53.8 Å². The summed E-state index contributed by atoms with van der Waals surface area (Å²) in [6.45, 7) is 0.300. The molecule has 0 aromatic heterocycles. The van der Waals surface area contributed by atoms with Crippen molar-refractivity contribution < 1.29 is 31.1 Å². The lowest BCUT2D eigenvalue weighted by Crippen LogP contribution is -2.38. The van der Waals surface area contributed by atoms with Crippen molar-refractivity contribution in [1.82, 2.24) is 10.2 Å². The van der Waals surface area contributed by atoms with Crippen LogP contribution in [0.5, 0.6) is 5.75 Å². The molecule has 0 aliphatic carbocycles. The number of ether oxygens (including phenoxy) is 1. The van der Waals surface area contributed by atoms with Gasteiger partial charge in [-0.05, 0) is 29.8 Å². The number of halogens is 3. The van der Waals surface area contributed by atoms with Crippen molar-refractivity contribution in [3.63, 3.8) is 0 Å². The van der Waals surface area contributed by atoms with Crippen molar-refractivity contribution >= 4 is 21.8 Å². The third-order valence-corrected chi connectivity index (χ3v) is 4.86. The van der Waals surface area contributed by atoms with Crippen LogP contribution in [-0.2, 0) is 21.4 Å². The normalized spacial score (nSPS) is 18.3. The highest BCUT2D eigenvalue weighted by Gasteiger charge is 2.31. The average molecular weight is 401 g/mol. The quantitative estimate of drug-likeness (QED) is 0.830. The molecular weight excluding hydrogens is 387 g/mol. The van der Waals surface area contributed by atoms with Gasteiger partial charge in [-0.2, -0.15) is 0 Å². The molecule has 2 aliphatic rings. The molecule has 2 aliphatic heterocycles. The Labute approximate surface area is 152 Å². The number of nitrogens with one attached hydrogen (secondary N) is 1. The van der Waals surface area contributed by atoms with Gasteiger partial charge >= 0.3 is 6.36 Å². The second kappa shape index (κ2) is 7.06. The van der Waals surface area contributed by atoms with Crippen molar-refractivity contribution in [2.45, 2.75) is 12.9 Å². The molecule has 7 nitrogen and oxygen atoms in total. The fraction of sp³-hybridized carbons (Fsp3) is 0.250. The Hall–Kier alpha value is -2.82. The Morgan fingerprint density at radius 1 is 1.22 bits per heavy atom. The minimum atomic E-state index is -4.76. The maximum Gasteiger partial charge on any atom is 0.573 e. The fourth-order valence-electron chi connectivity index (χ4n) is 2.43. The van der Waals surface area contributed by atoms with E-state index in [4.69, 9.17) is 0 Å². The molecule has 144 valence electrons. The van der Waals surface area contributed by atoms with Crippen molar-refractivity contribution in [1.29, 1.82) is 0 Å². The molecule has 0 fully saturated rings. The highest BCUT2D eigenvalue weighted by molar-refractivity contribution is 7.90. The van der Waals surface area contributed by atoms with Crippen LogP contribution in [0.3, 0.4) is 0 Å². The lowest BCUT2D eigenvalue weighted by molar-refractivity contribution is -0.274. The first-order chi connectivity index (χ1) is 12.6. The topological polar surface area (TPSA) is 88.1 Å². The van der Waals surface area contributed by atoms with E-state index in [1.165, 1.54) is 30.5 Å². The molecule has 0 radical (unpaired) electrons. The minimum absolute atomic E-state index is 0.103. The molecule has 0 spiro atoms. The molecule has 27 heavy (non-hydrogen) atoms. The summed E-state index contributed by atoms with van der Waals surface area (Å²) in [5.41, 5.74) is 0.898. The van der Waals surface area contributed by atoms with Crippen LogP contribution < -0.4 is 10.1 Å². The van der Waals surface area contributed by atoms with Crippen LogP contribution in [0, 0.1) is 0 Å². The van der Waals surface area contributed by atoms with Gasteiger partial charge in [-0.25, -0.2) is 8.42 Å². The van der Waals surface area contributed by atoms with E-state index in [1.807, 2.05) is 0 Å². The van der Waals surface area contributed by atoms with Gasteiger partial charge in [-0.3, -0.25) is 4.79 Å². The fourth-order valence-corrected chi connectivity index (χ4v) is 3.40. The van der Waals surface area contributed by atoms with Gasteiger partial charge in [-0.1, -0.05) is 12.1 Å². The number of carbonyl (C=O) groups is 1. The maximum absolute atomic E-state index is 12.2. The van der Waals surface area contributed by atoms with E-state index in [2.05, 4.69) is 14.5 Å². The largest absolute Gasteiger partial charge is 0.573 e. The summed E-state index contributed by atoms with van der Waals surface area (Å²) in [5, 5.41) is 2.64. The SMILES string of the molecule is O=C(NCc1ccc(OC(F)(F)F)cc1)C1=CN2CCS(=O)(=O)N=C2C=C1. The number of rotatable bonds is 4. The summed E-state index contributed by atoms with van der Waals surface area (Å²) in [5.74, 6) is -0.642. The number of benzene rings is 1. The number of amides is 1. The number of nitrogens with zero attached hydrogens (tertiary/aromatic N) is 2. The van der Waals surface area contributed by atoms with Crippen LogP contribution in [0.2, 0.25) is 0 Å². The van der Waals surface area contributed by atoms with E-state index in [1.54, 1.807) is 4.90 Å². The van der Waals surface area contributed by atoms with Crippen LogP contribution in [0.15, 0.2) is 52.6 Å². The van der Waals surface area contributed by atoms with Crippen molar-refractivity contribution in [2.75, 3.05) is 12.3 Å². The summed E-state index contributed by atoms with van der Waals surface area (Å²) < 4.78 is 66.7. The van der Waals surface area contributed by atoms with E-state index in [9.17, 15) is 26.4 Å². The molecule has 11 heteroatoms. The highest BCUT2D eigenvalue weighted by atomic mass is 32.2. The third kappa shape index (κ3) is 5.09. The van der Waals surface area contributed by atoms with Gasteiger partial charge < -0.3 is 15.0 Å². The summed E-state index contributed by atoms with van der Waals surface area (Å²) in [4.78, 5) is 13.8. The number of hydrogen-bond donors (Lipinski definition) is 1. The lowest BCUT2D eigenvalue weighted by atomic mass is 10.1. The molecule has 0 bridgehead atoms. The monoisotopic (exact) mass is 401 g/mol. The van der Waals surface area contributed by atoms with Gasteiger partial charge in [0.25, 0.3) is 15.9 Å². The second-order valence-electron chi connectivity index (χ2n) is 5.72. The predicted octanol–water partition coefficient (Wildman–Crippen LogP) is 1.70. The predicted molar refractivity (Wildman–Crippen MR) is 90.1 cm³/mol. The van der Waals surface area contributed by atoms with Crippen molar-refractivity contribution in [2.24, 2.45) is 4.40 Å². The Morgan fingerprint density at radius 3 is 2.59 bits per heavy atom. The van der Waals surface area contributed by atoms with Gasteiger partial charge in [-0.15, -0.1) is 17.6 Å². The first kappa shape index (κ1) is 19.0. The van der Waals surface area contributed by atoms with Gasteiger partial charge in [0.1, 0.15) is 11.6 Å². The number of sulfonamides is 1. The minimum Gasteiger partial charge on any atom is -0.406 e. The van der Waals surface area contributed by atoms with Crippen LogP contribution >= 0.6 is 0 Å². The molecule has 0 atom stereocenters. The molecule has 1 aromatic rings. The Kier molecular flexibility index (Phi) is 4.96. The lowest BCUT2D eigenvalue weighted by Gasteiger charge is -2.26. The summed E-state index contributed by atoms with van der Waals surface area (Å²) >= 11 is 0. The maximum atomic E-state index is 12.2. The number of fused-ring (bicyclic) bond motifs is 1. The molecule has 0 saturated carbocycles. The van der Waals surface area contributed by atoms with E-state index < -0.39 is 22.3 Å². The van der Waals surface area contributed by atoms with E-state index in [0.717, 1.165) is 12.1 Å². The average Bonchev–Trinajstić information content (AvgIpc) is 2.58. The first-order valence-corrected chi connectivity index (χ1v) is 9.34. The highest BCUT2D eigenvalue weighted by Crippen LogP contribution is 2.22. The van der Waals surface area contributed by atoms with Crippen LogP contribution in [0.4, 0.5) is 13.2 Å². The number of amidine groups is 1. The van der Waals surface area contributed by atoms with Crippen molar-refractivity contribution in [3.8, 4) is 5.75 Å². The molecule has 0 unspecified atom stereocenters. The number of hydrogen-bond acceptors (Lipinski definition) is 5. The Balaban J connectivity index is 1.59. The van der Waals surface area contributed by atoms with Gasteiger partial charge in [0, 0.05) is 19.3 Å². The summed E-state index contributed by atoms with van der Waals surface area (Å²) in [6.07, 6.45) is -0.366. The smallest absolute Gasteiger partial charge is 0.406 e. The standard InChI is InChI=1S/C16H14F3N3O4S/c17-16(18,19)26-13-4-1-11(2-5-13)9-20-15(23)12-3-6-14-21-27(24,25)8-7-22(14)10-12/h1-6,10H,7-9H2,(H,20,23). The Morgan fingerprint density at radius 2 is 1.93 bits per heavy atom. The molecule has 1 N–H and O–H groups in total. The number of alkyl halides is 3. The Bertz CT molecular complexity index is 935. The van der Waals surface area contributed by atoms with E-state index in [-0.39, 0.29) is 30.4 Å². The van der Waals surface area contributed by atoms with Gasteiger partial charge in [0.2, 0.25) is 0 Å². The zero-order valence-corrected chi connectivity index (χ0v) is 14.5. The number of carbonyl (C=O) groups excluding carboxylic acids is 1. The summed E-state index contributed by atoms with van der Waals surface area (Å²) in [7, 11) is -3.47. The van der Waals surface area contributed by atoms with Crippen LogP contribution in [0.1, 0.15) is 5.56 Å². The van der Waals surface area contributed by atoms with E-state index in [0.29, 0.717) is 11.1 Å². The van der Waals surface area contributed by atoms with Gasteiger partial charge in [0.05, 0.1) is 11.3 Å². The molecule has 2 heterocycles. The molecule has 3 rings (SSSR count). The molecular formula is C16H14F3N3O4S. The first-order valence-electron chi connectivity index (χ1n) is 7.73.